The third-order valence-corrected chi connectivity index (χ3v) is 4.28. The molecule has 112 valence electrons. The second-order valence-electron chi connectivity index (χ2n) is 5.02. The number of rotatable bonds is 3. The summed E-state index contributed by atoms with van der Waals surface area (Å²) in [4.78, 5) is 14.0. The van der Waals surface area contributed by atoms with Gasteiger partial charge in [-0.05, 0) is 23.8 Å². The second-order valence-corrected chi connectivity index (χ2v) is 5.81. The fourth-order valence-electron chi connectivity index (χ4n) is 2.27. The summed E-state index contributed by atoms with van der Waals surface area (Å²) in [6, 6.07) is 14.6. The van der Waals surface area contributed by atoms with Gasteiger partial charge in [0.05, 0.1) is 10.0 Å². The Balaban J connectivity index is 1.83. The zero-order chi connectivity index (χ0) is 15.7. The Morgan fingerprint density at radius 1 is 1.14 bits per heavy atom. The summed E-state index contributed by atoms with van der Waals surface area (Å²) in [7, 11) is 1.70. The van der Waals surface area contributed by atoms with Gasteiger partial charge in [0.2, 0.25) is 0 Å². The van der Waals surface area contributed by atoms with Crippen LogP contribution in [0.1, 0.15) is 16.1 Å². The lowest BCUT2D eigenvalue weighted by molar-refractivity contribution is 0.0756. The lowest BCUT2D eigenvalue weighted by atomic mass is 10.2. The molecule has 1 amide bonds. The van der Waals surface area contributed by atoms with E-state index in [4.69, 9.17) is 27.6 Å². The smallest absolute Gasteiger partial charge is 0.289 e. The van der Waals surface area contributed by atoms with Gasteiger partial charge in [-0.25, -0.2) is 0 Å². The van der Waals surface area contributed by atoms with Gasteiger partial charge in [0.15, 0.2) is 5.76 Å². The molecule has 0 spiro atoms. The summed E-state index contributed by atoms with van der Waals surface area (Å²) >= 11 is 12.2. The van der Waals surface area contributed by atoms with Crippen LogP contribution < -0.4 is 0 Å². The number of hydrogen-bond acceptors (Lipinski definition) is 2. The SMILES string of the molecule is CN(Cc1cccc(Cl)c1Cl)C(=O)c1cc2ccccc2o1. The van der Waals surface area contributed by atoms with E-state index in [-0.39, 0.29) is 5.91 Å². The fraction of sp³-hybridized carbons (Fsp3) is 0.118. The molecule has 0 aliphatic heterocycles. The number of halogens is 2. The Labute approximate surface area is 138 Å². The Bertz CT molecular complexity index is 809. The van der Waals surface area contributed by atoms with Crippen LogP contribution in [0.3, 0.4) is 0 Å². The molecule has 1 heterocycles. The van der Waals surface area contributed by atoms with E-state index < -0.39 is 0 Å². The highest BCUT2D eigenvalue weighted by Gasteiger charge is 2.18. The summed E-state index contributed by atoms with van der Waals surface area (Å²) < 4.78 is 5.59. The summed E-state index contributed by atoms with van der Waals surface area (Å²) in [6.07, 6.45) is 0. The molecule has 0 bridgehead atoms. The molecule has 0 aliphatic carbocycles. The van der Waals surface area contributed by atoms with Crippen molar-refractivity contribution in [2.45, 2.75) is 6.54 Å². The van der Waals surface area contributed by atoms with Crippen LogP contribution in [0.2, 0.25) is 10.0 Å². The standard InChI is InChI=1S/C17H13Cl2NO2/c1-20(10-12-6-4-7-13(18)16(12)19)17(21)15-9-11-5-2-3-8-14(11)22-15/h2-9H,10H2,1H3. The van der Waals surface area contributed by atoms with Crippen molar-refractivity contribution in [1.82, 2.24) is 4.90 Å². The molecule has 0 saturated carbocycles. The number of furan rings is 1. The molecule has 3 rings (SSSR count). The first-order valence-electron chi connectivity index (χ1n) is 6.73. The van der Waals surface area contributed by atoms with E-state index in [2.05, 4.69) is 0 Å². The van der Waals surface area contributed by atoms with Crippen molar-refractivity contribution >= 4 is 40.1 Å². The van der Waals surface area contributed by atoms with Gasteiger partial charge >= 0.3 is 0 Å². The molecule has 0 fully saturated rings. The van der Waals surface area contributed by atoms with Crippen LogP contribution in [-0.4, -0.2) is 17.9 Å². The van der Waals surface area contributed by atoms with Crippen molar-refractivity contribution < 1.29 is 9.21 Å². The predicted octanol–water partition coefficient (Wildman–Crippen LogP) is 5.01. The van der Waals surface area contributed by atoms with Crippen molar-refractivity contribution in [3.05, 3.63) is 69.9 Å². The average molecular weight is 334 g/mol. The summed E-state index contributed by atoms with van der Waals surface area (Å²) in [5.74, 6) is 0.106. The number of carbonyl (C=O) groups is 1. The summed E-state index contributed by atoms with van der Waals surface area (Å²) in [5.41, 5.74) is 1.49. The van der Waals surface area contributed by atoms with Gasteiger partial charge in [-0.2, -0.15) is 0 Å². The van der Waals surface area contributed by atoms with Crippen LogP contribution in [0.4, 0.5) is 0 Å². The minimum atomic E-state index is -0.202. The van der Waals surface area contributed by atoms with E-state index in [1.165, 1.54) is 0 Å². The Morgan fingerprint density at radius 2 is 1.91 bits per heavy atom. The molecule has 0 atom stereocenters. The van der Waals surface area contributed by atoms with Crippen LogP contribution in [0.15, 0.2) is 52.9 Å². The van der Waals surface area contributed by atoms with Gasteiger partial charge in [0.1, 0.15) is 5.58 Å². The Hall–Kier alpha value is -1.97. The van der Waals surface area contributed by atoms with Gasteiger partial charge in [-0.3, -0.25) is 4.79 Å². The number of benzene rings is 2. The second kappa shape index (κ2) is 6.03. The van der Waals surface area contributed by atoms with Crippen molar-refractivity contribution in [3.8, 4) is 0 Å². The Kier molecular flexibility index (Phi) is 4.10. The average Bonchev–Trinajstić information content (AvgIpc) is 2.95. The van der Waals surface area contributed by atoms with E-state index in [1.807, 2.05) is 36.4 Å². The molecule has 0 saturated heterocycles. The van der Waals surface area contributed by atoms with Crippen molar-refractivity contribution in [3.63, 3.8) is 0 Å². The van der Waals surface area contributed by atoms with E-state index in [1.54, 1.807) is 24.1 Å². The first-order valence-corrected chi connectivity index (χ1v) is 7.49. The molecule has 22 heavy (non-hydrogen) atoms. The van der Waals surface area contributed by atoms with Crippen LogP contribution in [-0.2, 0) is 6.54 Å². The molecule has 3 nitrogen and oxygen atoms in total. The van der Waals surface area contributed by atoms with Gasteiger partial charge in [-0.1, -0.05) is 53.5 Å². The third-order valence-electron chi connectivity index (χ3n) is 3.42. The fourth-order valence-corrected chi connectivity index (χ4v) is 2.65. The summed E-state index contributed by atoms with van der Waals surface area (Å²) in [5, 5.41) is 1.84. The topological polar surface area (TPSA) is 33.5 Å². The van der Waals surface area contributed by atoms with Crippen molar-refractivity contribution in [2.24, 2.45) is 0 Å². The maximum absolute atomic E-state index is 12.5. The largest absolute Gasteiger partial charge is 0.451 e. The highest BCUT2D eigenvalue weighted by molar-refractivity contribution is 6.42. The van der Waals surface area contributed by atoms with Crippen LogP contribution >= 0.6 is 23.2 Å². The maximum atomic E-state index is 12.5. The minimum Gasteiger partial charge on any atom is -0.451 e. The van der Waals surface area contributed by atoms with Gasteiger partial charge in [-0.15, -0.1) is 0 Å². The number of fused-ring (bicyclic) bond motifs is 1. The Morgan fingerprint density at radius 3 is 2.68 bits per heavy atom. The highest BCUT2D eigenvalue weighted by atomic mass is 35.5. The number of carbonyl (C=O) groups excluding carboxylic acids is 1. The monoisotopic (exact) mass is 333 g/mol. The first kappa shape index (κ1) is 14.9. The van der Waals surface area contributed by atoms with Gasteiger partial charge in [0, 0.05) is 19.0 Å². The number of nitrogens with zero attached hydrogens (tertiary/aromatic N) is 1. The number of amides is 1. The highest BCUT2D eigenvalue weighted by Crippen LogP contribution is 2.27. The zero-order valence-electron chi connectivity index (χ0n) is 11.8. The molecule has 3 aromatic rings. The van der Waals surface area contributed by atoms with Gasteiger partial charge in [0.25, 0.3) is 5.91 Å². The predicted molar refractivity (Wildman–Crippen MR) is 88.5 cm³/mol. The maximum Gasteiger partial charge on any atom is 0.289 e. The molecule has 0 radical (unpaired) electrons. The molecule has 5 heteroatoms. The molecule has 0 N–H and O–H groups in total. The normalized spacial score (nSPS) is 10.9. The first-order chi connectivity index (χ1) is 10.6. The molecular weight excluding hydrogens is 321 g/mol. The van der Waals surface area contributed by atoms with Gasteiger partial charge < -0.3 is 9.32 Å². The van der Waals surface area contributed by atoms with Crippen LogP contribution in [0.25, 0.3) is 11.0 Å². The van der Waals surface area contributed by atoms with E-state index >= 15 is 0 Å². The third kappa shape index (κ3) is 2.82. The van der Waals surface area contributed by atoms with E-state index in [0.29, 0.717) is 27.9 Å². The lowest BCUT2D eigenvalue weighted by Gasteiger charge is -2.17. The van der Waals surface area contributed by atoms with Crippen molar-refractivity contribution in [2.75, 3.05) is 7.05 Å². The summed E-state index contributed by atoms with van der Waals surface area (Å²) in [6.45, 7) is 0.356. The van der Waals surface area contributed by atoms with Crippen molar-refractivity contribution in [1.29, 1.82) is 0 Å². The number of hydrogen-bond donors (Lipinski definition) is 0. The molecule has 0 unspecified atom stereocenters. The van der Waals surface area contributed by atoms with Crippen LogP contribution in [0.5, 0.6) is 0 Å². The minimum absolute atomic E-state index is 0.202. The molecule has 2 aromatic carbocycles. The van der Waals surface area contributed by atoms with E-state index in [0.717, 1.165) is 10.9 Å². The molecule has 0 aliphatic rings. The lowest BCUT2D eigenvalue weighted by Crippen LogP contribution is -2.25. The number of para-hydroxylation sites is 1. The zero-order valence-corrected chi connectivity index (χ0v) is 13.4. The quantitative estimate of drug-likeness (QED) is 0.674. The van der Waals surface area contributed by atoms with Crippen LogP contribution in [0, 0.1) is 0 Å². The molecule has 1 aromatic heterocycles. The van der Waals surface area contributed by atoms with E-state index in [9.17, 15) is 4.79 Å². The molecular formula is C17H13Cl2NO2.